The van der Waals surface area contributed by atoms with Gasteiger partial charge in [0.1, 0.15) is 0 Å². The summed E-state index contributed by atoms with van der Waals surface area (Å²) in [6.07, 6.45) is 13.8. The molecule has 0 aliphatic heterocycles. The number of rotatable bonds is 3. The highest BCUT2D eigenvalue weighted by molar-refractivity contribution is 5.13. The van der Waals surface area contributed by atoms with Crippen LogP contribution in [-0.4, -0.2) is 12.1 Å². The van der Waals surface area contributed by atoms with Gasteiger partial charge >= 0.3 is 0 Å². The monoisotopic (exact) mass is 231 g/mol. The molecule has 4 aliphatic carbocycles. The molecule has 94 valence electrons. The highest BCUT2D eigenvalue weighted by Gasteiger charge is 2.45. The van der Waals surface area contributed by atoms with Crippen molar-refractivity contribution in [1.29, 1.82) is 0 Å². The molecule has 0 spiro atoms. The smallest absolute Gasteiger partial charge is 0.0138 e. The molecular weight excluding hydrogens is 206 g/mol. The Hall–Kier alpha value is -0.300. The summed E-state index contributed by atoms with van der Waals surface area (Å²) in [6, 6.07) is 1.58. The van der Waals surface area contributed by atoms with Gasteiger partial charge in [-0.15, -0.1) is 0 Å². The zero-order chi connectivity index (χ0) is 11.4. The molecule has 7 atom stereocenters. The maximum Gasteiger partial charge on any atom is 0.0138 e. The van der Waals surface area contributed by atoms with Gasteiger partial charge in [-0.05, 0) is 68.6 Å². The molecule has 3 saturated carbocycles. The average molecular weight is 231 g/mol. The minimum atomic E-state index is 0.769. The van der Waals surface area contributed by atoms with Crippen LogP contribution in [0.25, 0.3) is 0 Å². The van der Waals surface area contributed by atoms with Gasteiger partial charge in [-0.2, -0.15) is 0 Å². The summed E-state index contributed by atoms with van der Waals surface area (Å²) in [7, 11) is 0. The Morgan fingerprint density at radius 2 is 2.06 bits per heavy atom. The van der Waals surface area contributed by atoms with Crippen molar-refractivity contribution in [2.75, 3.05) is 0 Å². The van der Waals surface area contributed by atoms with Gasteiger partial charge in [0.05, 0.1) is 0 Å². The van der Waals surface area contributed by atoms with E-state index in [0.29, 0.717) is 0 Å². The molecule has 0 heterocycles. The van der Waals surface area contributed by atoms with Crippen molar-refractivity contribution in [2.24, 2.45) is 29.6 Å². The molecular formula is C16H25N. The summed E-state index contributed by atoms with van der Waals surface area (Å²) in [5.41, 5.74) is 0. The first-order valence-corrected chi connectivity index (χ1v) is 7.74. The van der Waals surface area contributed by atoms with Crippen molar-refractivity contribution in [3.8, 4) is 0 Å². The van der Waals surface area contributed by atoms with Crippen molar-refractivity contribution in [3.63, 3.8) is 0 Å². The fraction of sp³-hybridized carbons (Fsp3) is 0.875. The van der Waals surface area contributed by atoms with Gasteiger partial charge in [-0.1, -0.05) is 18.6 Å². The Kier molecular flexibility index (Phi) is 2.40. The third kappa shape index (κ3) is 1.62. The molecule has 4 rings (SSSR count). The topological polar surface area (TPSA) is 12.0 Å². The van der Waals surface area contributed by atoms with E-state index in [9.17, 15) is 0 Å². The van der Waals surface area contributed by atoms with E-state index in [4.69, 9.17) is 0 Å². The van der Waals surface area contributed by atoms with Gasteiger partial charge in [0.2, 0.25) is 0 Å². The van der Waals surface area contributed by atoms with Gasteiger partial charge in [-0.25, -0.2) is 0 Å². The third-order valence-electron chi connectivity index (χ3n) is 6.27. The molecule has 0 saturated heterocycles. The Morgan fingerprint density at radius 1 is 1.12 bits per heavy atom. The summed E-state index contributed by atoms with van der Waals surface area (Å²) >= 11 is 0. The second-order valence-electron chi connectivity index (χ2n) is 7.14. The van der Waals surface area contributed by atoms with Crippen LogP contribution in [0.5, 0.6) is 0 Å². The molecule has 1 N–H and O–H groups in total. The molecule has 0 aromatic heterocycles. The van der Waals surface area contributed by atoms with Crippen molar-refractivity contribution in [3.05, 3.63) is 12.2 Å². The van der Waals surface area contributed by atoms with Crippen LogP contribution in [0.15, 0.2) is 12.2 Å². The van der Waals surface area contributed by atoms with Gasteiger partial charge in [0.15, 0.2) is 0 Å². The van der Waals surface area contributed by atoms with Crippen LogP contribution >= 0.6 is 0 Å². The fourth-order valence-electron chi connectivity index (χ4n) is 5.27. The molecule has 2 bridgehead atoms. The van der Waals surface area contributed by atoms with Gasteiger partial charge < -0.3 is 5.32 Å². The van der Waals surface area contributed by atoms with E-state index < -0.39 is 0 Å². The minimum Gasteiger partial charge on any atom is -0.311 e. The number of hydrogen-bond donors (Lipinski definition) is 1. The van der Waals surface area contributed by atoms with Gasteiger partial charge in [0.25, 0.3) is 0 Å². The molecule has 0 aromatic rings. The van der Waals surface area contributed by atoms with Crippen LogP contribution in [0.2, 0.25) is 0 Å². The van der Waals surface area contributed by atoms with E-state index in [2.05, 4.69) is 24.4 Å². The van der Waals surface area contributed by atoms with Crippen LogP contribution in [0, 0.1) is 29.6 Å². The summed E-state index contributed by atoms with van der Waals surface area (Å²) in [6.45, 7) is 2.46. The SMILES string of the molecule is CC(NC1CC2CC=CC21)C1CC2CCC1C2. The second kappa shape index (κ2) is 3.85. The van der Waals surface area contributed by atoms with Crippen LogP contribution in [-0.2, 0) is 0 Å². The lowest BCUT2D eigenvalue weighted by atomic mass is 9.70. The van der Waals surface area contributed by atoms with E-state index in [1.165, 1.54) is 32.1 Å². The number of nitrogens with one attached hydrogen (secondary N) is 1. The van der Waals surface area contributed by atoms with Crippen molar-refractivity contribution < 1.29 is 0 Å². The summed E-state index contributed by atoms with van der Waals surface area (Å²) in [5.74, 6) is 5.04. The van der Waals surface area contributed by atoms with E-state index >= 15 is 0 Å². The standard InChI is InChI=1S/C16H25N/c1-10(15-8-11-5-6-13(15)7-11)17-16-9-12-3-2-4-14(12)16/h2,4,10-17H,3,5-9H2,1H3. The molecule has 1 nitrogen and oxygen atoms in total. The summed E-state index contributed by atoms with van der Waals surface area (Å²) in [5, 5.41) is 3.96. The predicted molar refractivity (Wildman–Crippen MR) is 70.7 cm³/mol. The van der Waals surface area contributed by atoms with Crippen molar-refractivity contribution in [2.45, 2.75) is 57.5 Å². The molecule has 1 heteroatoms. The van der Waals surface area contributed by atoms with E-state index in [-0.39, 0.29) is 0 Å². The highest BCUT2D eigenvalue weighted by atomic mass is 15.0. The van der Waals surface area contributed by atoms with E-state index in [0.717, 1.165) is 41.7 Å². The lowest BCUT2D eigenvalue weighted by Crippen LogP contribution is -2.53. The highest BCUT2D eigenvalue weighted by Crippen LogP contribution is 2.50. The van der Waals surface area contributed by atoms with E-state index in [1.54, 1.807) is 6.42 Å². The predicted octanol–water partition coefficient (Wildman–Crippen LogP) is 3.37. The van der Waals surface area contributed by atoms with Crippen LogP contribution < -0.4 is 5.32 Å². The Morgan fingerprint density at radius 3 is 2.76 bits per heavy atom. The second-order valence-corrected chi connectivity index (χ2v) is 7.14. The molecule has 4 aliphatic rings. The first-order chi connectivity index (χ1) is 8.31. The zero-order valence-electron chi connectivity index (χ0n) is 10.9. The number of fused-ring (bicyclic) bond motifs is 3. The van der Waals surface area contributed by atoms with Crippen LogP contribution in [0.3, 0.4) is 0 Å². The normalized spacial score (nSPS) is 52.5. The molecule has 0 amide bonds. The number of allylic oxidation sites excluding steroid dienone is 1. The molecule has 7 unspecified atom stereocenters. The zero-order valence-corrected chi connectivity index (χ0v) is 10.9. The van der Waals surface area contributed by atoms with Crippen LogP contribution in [0.4, 0.5) is 0 Å². The molecule has 3 fully saturated rings. The average Bonchev–Trinajstić information content (AvgIpc) is 2.99. The first kappa shape index (κ1) is 10.6. The molecule has 0 aromatic carbocycles. The van der Waals surface area contributed by atoms with E-state index in [1.807, 2.05) is 0 Å². The lowest BCUT2D eigenvalue weighted by molar-refractivity contribution is 0.128. The first-order valence-electron chi connectivity index (χ1n) is 7.74. The largest absolute Gasteiger partial charge is 0.311 e. The maximum absolute atomic E-state index is 3.96. The molecule has 17 heavy (non-hydrogen) atoms. The van der Waals surface area contributed by atoms with Crippen molar-refractivity contribution >= 4 is 0 Å². The lowest BCUT2D eigenvalue weighted by Gasteiger charge is -2.44. The Bertz CT molecular complexity index is 334. The summed E-state index contributed by atoms with van der Waals surface area (Å²) in [4.78, 5) is 0. The summed E-state index contributed by atoms with van der Waals surface area (Å²) < 4.78 is 0. The number of hydrogen-bond acceptors (Lipinski definition) is 1. The minimum absolute atomic E-state index is 0.769. The Labute approximate surface area is 105 Å². The Balaban J connectivity index is 1.35. The maximum atomic E-state index is 3.96. The fourth-order valence-corrected chi connectivity index (χ4v) is 5.27. The molecule has 0 radical (unpaired) electrons. The van der Waals surface area contributed by atoms with Gasteiger partial charge in [-0.3, -0.25) is 0 Å². The van der Waals surface area contributed by atoms with Crippen molar-refractivity contribution in [1.82, 2.24) is 5.32 Å². The third-order valence-corrected chi connectivity index (χ3v) is 6.27. The van der Waals surface area contributed by atoms with Crippen LogP contribution in [0.1, 0.15) is 45.4 Å². The van der Waals surface area contributed by atoms with Gasteiger partial charge in [0, 0.05) is 12.1 Å². The quantitative estimate of drug-likeness (QED) is 0.734.